The van der Waals surface area contributed by atoms with Gasteiger partial charge in [-0.1, -0.05) is 0 Å². The fourth-order valence-corrected chi connectivity index (χ4v) is 3.65. The molecule has 0 aliphatic heterocycles. The molecule has 1 aromatic rings. The Morgan fingerprint density at radius 1 is 1.00 bits per heavy atom. The number of carbonyl (C=O) groups is 1. The van der Waals surface area contributed by atoms with E-state index in [4.69, 9.17) is 0 Å². The molecule has 0 saturated carbocycles. The van der Waals surface area contributed by atoms with E-state index >= 15 is 0 Å². The molecule has 0 atom stereocenters. The van der Waals surface area contributed by atoms with Crippen molar-refractivity contribution in [2.75, 3.05) is 18.6 Å². The summed E-state index contributed by atoms with van der Waals surface area (Å²) in [4.78, 5) is 20.4. The average Bonchev–Trinajstić information content (AvgIpc) is 2.74. The predicted molar refractivity (Wildman–Crippen MR) is 98.6 cm³/mol. The molecule has 0 saturated heterocycles. The first-order chi connectivity index (χ1) is 16.3. The largest absolute Gasteiger partial charge is 0.458 e. The number of nitro groups is 1. The minimum Gasteiger partial charge on any atom is -0.458 e. The predicted octanol–water partition coefficient (Wildman–Crippen LogP) is 5.08. The number of alkyl halides is 12. The lowest BCUT2D eigenvalue weighted by atomic mass is 9.94. The summed E-state index contributed by atoms with van der Waals surface area (Å²) in [5.41, 5.74) is -0.931. The molecule has 1 aromatic carbocycles. The molecule has 0 aliphatic rings. The van der Waals surface area contributed by atoms with Crippen molar-refractivity contribution < 1.29 is 75.6 Å². The highest BCUT2D eigenvalue weighted by atomic mass is 32.2. The molecule has 21 heteroatoms. The second-order valence-corrected chi connectivity index (χ2v) is 9.99. The van der Waals surface area contributed by atoms with E-state index in [-0.39, 0.29) is 11.8 Å². The monoisotopic (exact) mass is 605 g/mol. The number of nitrogens with zero attached hydrogens (tertiary/aromatic N) is 1. The van der Waals surface area contributed by atoms with Gasteiger partial charge in [0.1, 0.15) is 0 Å². The quantitative estimate of drug-likeness (QED) is 0.108. The van der Waals surface area contributed by atoms with Crippen LogP contribution in [0.15, 0.2) is 28.0 Å². The number of hydrogen-bond donors (Lipinski definition) is 0. The average molecular weight is 605 g/mol. The van der Waals surface area contributed by atoms with E-state index in [0.717, 1.165) is 12.1 Å². The summed E-state index contributed by atoms with van der Waals surface area (Å²) in [5.74, 6) is -39.9. The summed E-state index contributed by atoms with van der Waals surface area (Å²) in [6, 6.07) is 2.14. The maximum atomic E-state index is 13.6. The van der Waals surface area contributed by atoms with Crippen molar-refractivity contribution in [2.45, 2.75) is 45.8 Å². The van der Waals surface area contributed by atoms with Crippen LogP contribution in [0.3, 0.4) is 0 Å². The minimum absolute atomic E-state index is 0.0832. The second-order valence-electron chi connectivity index (χ2n) is 6.96. The minimum atomic E-state index is -7.79. The number of benzene rings is 1. The van der Waals surface area contributed by atoms with Gasteiger partial charge in [0.2, 0.25) is 0 Å². The van der Waals surface area contributed by atoms with Gasteiger partial charge in [-0.2, -0.15) is 43.9 Å². The van der Waals surface area contributed by atoms with Gasteiger partial charge in [0, 0.05) is 12.3 Å². The van der Waals surface area contributed by atoms with E-state index in [2.05, 4.69) is 4.74 Å². The van der Waals surface area contributed by atoms with Crippen molar-refractivity contribution in [3.8, 4) is 0 Å². The van der Waals surface area contributed by atoms with Gasteiger partial charge in [0.15, 0.2) is 16.4 Å². The van der Waals surface area contributed by atoms with Crippen molar-refractivity contribution in [3.05, 3.63) is 28.3 Å². The highest BCUT2D eigenvalue weighted by molar-refractivity contribution is 8.00. The van der Waals surface area contributed by atoms with Crippen LogP contribution in [0.1, 0.15) is 0 Å². The fraction of sp³-hybridized carbons (Fsp3) is 0.562. The Morgan fingerprint density at radius 3 is 1.95 bits per heavy atom. The van der Waals surface area contributed by atoms with E-state index in [1.807, 2.05) is 0 Å². The number of nitro benzene ring substituents is 1. The zero-order valence-corrected chi connectivity index (χ0v) is 19.1. The summed E-state index contributed by atoms with van der Waals surface area (Å²) in [6.07, 6.45) is -4.98. The van der Waals surface area contributed by atoms with Crippen LogP contribution in [0.2, 0.25) is 0 Å². The Kier molecular flexibility index (Phi) is 9.13. The number of sulfone groups is 1. The smallest absolute Gasteiger partial charge is 0.384 e. The maximum Gasteiger partial charge on any atom is 0.384 e. The van der Waals surface area contributed by atoms with Crippen LogP contribution in [0, 0.1) is 10.1 Å². The SMILES string of the molecule is CS(=O)(=O)c1ccc(SCC(=O)OCC(F)(F)C(F)(F)C(F)(F)C(F)(F)C(F)(F)C(F)F)c([N+](=O)[O-])c1. The zero-order valence-electron chi connectivity index (χ0n) is 17.5. The molecular formula is C16H11F12NO6S2. The molecule has 0 aromatic heterocycles. The Hall–Kier alpha value is -2.45. The number of rotatable bonds is 12. The van der Waals surface area contributed by atoms with Gasteiger partial charge in [-0.05, 0) is 12.1 Å². The van der Waals surface area contributed by atoms with Crippen LogP contribution in [-0.2, 0) is 19.4 Å². The molecule has 0 unspecified atom stereocenters. The highest BCUT2D eigenvalue weighted by Crippen LogP contribution is 2.58. The van der Waals surface area contributed by atoms with Gasteiger partial charge in [0.05, 0.1) is 20.5 Å². The second kappa shape index (κ2) is 10.4. The number of carbonyl (C=O) groups excluding carboxylic acids is 1. The standard InChI is InChI=1S/C16H11F12NO6S2/c1-37(33,34)7-2-3-9(8(4-7)29(31)32)36-5-10(30)35-6-12(19,20)14(23,24)16(27,28)15(25,26)13(21,22)11(17)18/h2-4,11H,5-6H2,1H3. The van der Waals surface area contributed by atoms with Crippen LogP contribution in [-0.4, -0.2) is 74.0 Å². The van der Waals surface area contributed by atoms with Gasteiger partial charge in [-0.25, -0.2) is 17.2 Å². The molecule has 0 N–H and O–H groups in total. The molecular weight excluding hydrogens is 594 g/mol. The summed E-state index contributed by atoms with van der Waals surface area (Å²) < 4.78 is 184. The van der Waals surface area contributed by atoms with E-state index in [0.29, 0.717) is 12.3 Å². The third-order valence-corrected chi connectivity index (χ3v) is 6.40. The van der Waals surface area contributed by atoms with E-state index in [1.165, 1.54) is 0 Å². The van der Waals surface area contributed by atoms with Crippen molar-refractivity contribution in [1.82, 2.24) is 0 Å². The van der Waals surface area contributed by atoms with Crippen LogP contribution in [0.4, 0.5) is 58.4 Å². The molecule has 1 rings (SSSR count). The van der Waals surface area contributed by atoms with Gasteiger partial charge in [-0.15, -0.1) is 11.8 Å². The molecule has 0 bridgehead atoms. The Balaban J connectivity index is 3.05. The van der Waals surface area contributed by atoms with Crippen molar-refractivity contribution in [2.24, 2.45) is 0 Å². The van der Waals surface area contributed by atoms with Gasteiger partial charge >= 0.3 is 42.0 Å². The number of thioether (sulfide) groups is 1. The Bertz CT molecular complexity index is 1140. The molecule has 0 fully saturated rings. The van der Waals surface area contributed by atoms with Crippen molar-refractivity contribution in [3.63, 3.8) is 0 Å². The van der Waals surface area contributed by atoms with Crippen LogP contribution in [0.5, 0.6) is 0 Å². The first-order valence-electron chi connectivity index (χ1n) is 8.78. The molecule has 0 amide bonds. The van der Waals surface area contributed by atoms with Crippen molar-refractivity contribution in [1.29, 1.82) is 0 Å². The number of halogens is 12. The molecule has 212 valence electrons. The molecule has 0 radical (unpaired) electrons. The van der Waals surface area contributed by atoms with Crippen LogP contribution < -0.4 is 0 Å². The molecule has 7 nitrogen and oxygen atoms in total. The normalized spacial score (nSPS) is 14.1. The maximum absolute atomic E-state index is 13.6. The molecule has 0 spiro atoms. The van der Waals surface area contributed by atoms with E-state index < -0.39 is 84.6 Å². The summed E-state index contributed by atoms with van der Waals surface area (Å²) >= 11 is 0.0832. The lowest BCUT2D eigenvalue weighted by molar-refractivity contribution is -0.414. The molecule has 0 aliphatic carbocycles. The summed E-state index contributed by atoms with van der Waals surface area (Å²) in [5, 5.41) is 11.1. The van der Waals surface area contributed by atoms with Gasteiger partial charge in [-0.3, -0.25) is 14.9 Å². The van der Waals surface area contributed by atoms with E-state index in [1.54, 1.807) is 0 Å². The fourth-order valence-electron chi connectivity index (χ4n) is 2.21. The Labute approximate surface area is 202 Å². The lowest BCUT2D eigenvalue weighted by Gasteiger charge is -2.38. The number of hydrogen-bond acceptors (Lipinski definition) is 7. The third-order valence-electron chi connectivity index (χ3n) is 4.26. The lowest BCUT2D eigenvalue weighted by Crippen LogP contribution is -2.69. The highest BCUT2D eigenvalue weighted by Gasteiger charge is 2.87. The molecule has 0 heterocycles. The van der Waals surface area contributed by atoms with Crippen molar-refractivity contribution >= 4 is 33.3 Å². The topological polar surface area (TPSA) is 104 Å². The number of esters is 1. The first kappa shape index (κ1) is 32.6. The van der Waals surface area contributed by atoms with E-state index in [9.17, 15) is 76.0 Å². The number of ether oxygens (including phenoxy) is 1. The van der Waals surface area contributed by atoms with Crippen LogP contribution >= 0.6 is 11.8 Å². The van der Waals surface area contributed by atoms with Crippen LogP contribution in [0.25, 0.3) is 0 Å². The summed E-state index contributed by atoms with van der Waals surface area (Å²) in [6.45, 7) is -3.12. The Morgan fingerprint density at radius 2 is 1.51 bits per heavy atom. The first-order valence-corrected chi connectivity index (χ1v) is 11.7. The molecule has 37 heavy (non-hydrogen) atoms. The third kappa shape index (κ3) is 6.17. The zero-order chi connectivity index (χ0) is 29.4. The summed E-state index contributed by atoms with van der Waals surface area (Å²) in [7, 11) is -3.95. The van der Waals surface area contributed by atoms with Gasteiger partial charge in [0.25, 0.3) is 5.69 Å². The van der Waals surface area contributed by atoms with Gasteiger partial charge < -0.3 is 4.74 Å².